The molecule has 0 radical (unpaired) electrons. The van der Waals surface area contributed by atoms with Gasteiger partial charge in [-0.05, 0) is 24.3 Å². The van der Waals surface area contributed by atoms with Crippen LogP contribution in [0.3, 0.4) is 0 Å². The van der Waals surface area contributed by atoms with Gasteiger partial charge in [-0.3, -0.25) is 4.68 Å². The number of alkyl halides is 1. The number of aryl methyl sites for hydroxylation is 1. The molecule has 2 nitrogen and oxygen atoms in total. The topological polar surface area (TPSA) is 17.8 Å². The predicted molar refractivity (Wildman–Crippen MR) is 59.2 cm³/mol. The molecule has 1 aromatic heterocycles. The summed E-state index contributed by atoms with van der Waals surface area (Å²) in [6.07, 6.45) is 6.45. The molecule has 0 fully saturated rings. The Balaban J connectivity index is 2.44. The van der Waals surface area contributed by atoms with Gasteiger partial charge in [-0.25, -0.2) is 0 Å². The molecule has 0 aliphatic carbocycles. The number of aromatic nitrogens is 2. The van der Waals surface area contributed by atoms with E-state index in [1.807, 2.05) is 10.9 Å². The van der Waals surface area contributed by atoms with Crippen LogP contribution < -0.4 is 0 Å². The highest BCUT2D eigenvalue weighted by Gasteiger charge is 1.99. The minimum absolute atomic E-state index is 0.670. The van der Waals surface area contributed by atoms with Gasteiger partial charge < -0.3 is 0 Å². The Bertz CT molecular complexity index is 243. The molecule has 0 atom stereocenters. The molecule has 0 N–H and O–H groups in total. The standard InChI is InChI=1S/C10H17BrN2/c1-9(2)7-13-8-10(6-12-13)4-3-5-11/h6,8-9H,3-5,7H2,1-2H3. The summed E-state index contributed by atoms with van der Waals surface area (Å²) in [7, 11) is 0. The van der Waals surface area contributed by atoms with Crippen molar-refractivity contribution >= 4 is 15.9 Å². The van der Waals surface area contributed by atoms with Gasteiger partial charge in [-0.2, -0.15) is 5.10 Å². The van der Waals surface area contributed by atoms with Gasteiger partial charge in [0, 0.05) is 18.1 Å². The molecule has 0 bridgehead atoms. The lowest BCUT2D eigenvalue weighted by molar-refractivity contribution is 0.483. The molecule has 0 aliphatic heterocycles. The Morgan fingerprint density at radius 2 is 2.31 bits per heavy atom. The van der Waals surface area contributed by atoms with Crippen LogP contribution in [-0.4, -0.2) is 15.1 Å². The van der Waals surface area contributed by atoms with Gasteiger partial charge in [-0.1, -0.05) is 29.8 Å². The first kappa shape index (κ1) is 10.8. The lowest BCUT2D eigenvalue weighted by Crippen LogP contribution is -2.04. The molecule has 3 heteroatoms. The van der Waals surface area contributed by atoms with E-state index in [0.717, 1.165) is 18.3 Å². The van der Waals surface area contributed by atoms with Crippen LogP contribution in [0, 0.1) is 5.92 Å². The van der Waals surface area contributed by atoms with E-state index in [2.05, 4.69) is 41.1 Å². The molecule has 1 aromatic rings. The van der Waals surface area contributed by atoms with Crippen molar-refractivity contribution in [2.75, 3.05) is 5.33 Å². The van der Waals surface area contributed by atoms with Gasteiger partial charge in [0.2, 0.25) is 0 Å². The van der Waals surface area contributed by atoms with Crippen LogP contribution in [-0.2, 0) is 13.0 Å². The third-order valence-corrected chi connectivity index (χ3v) is 2.40. The molecule has 0 aromatic carbocycles. The average molecular weight is 245 g/mol. The van der Waals surface area contributed by atoms with E-state index in [0.29, 0.717) is 5.92 Å². The van der Waals surface area contributed by atoms with Crippen molar-refractivity contribution in [2.45, 2.75) is 33.2 Å². The number of hydrogen-bond donors (Lipinski definition) is 0. The first-order chi connectivity index (χ1) is 6.22. The summed E-state index contributed by atoms with van der Waals surface area (Å²) in [5, 5.41) is 5.38. The summed E-state index contributed by atoms with van der Waals surface area (Å²) in [4.78, 5) is 0. The zero-order chi connectivity index (χ0) is 9.68. The highest BCUT2D eigenvalue weighted by atomic mass is 79.9. The van der Waals surface area contributed by atoms with E-state index < -0.39 is 0 Å². The van der Waals surface area contributed by atoms with E-state index in [4.69, 9.17) is 0 Å². The monoisotopic (exact) mass is 244 g/mol. The molecule has 1 rings (SSSR count). The molecule has 1 heterocycles. The second kappa shape index (κ2) is 5.43. The van der Waals surface area contributed by atoms with Crippen LogP contribution in [0.5, 0.6) is 0 Å². The van der Waals surface area contributed by atoms with Gasteiger partial charge in [-0.15, -0.1) is 0 Å². The first-order valence-electron chi connectivity index (χ1n) is 4.79. The summed E-state index contributed by atoms with van der Waals surface area (Å²) in [6, 6.07) is 0. The summed E-state index contributed by atoms with van der Waals surface area (Å²) in [5.41, 5.74) is 1.35. The van der Waals surface area contributed by atoms with Crippen molar-refractivity contribution in [1.82, 2.24) is 9.78 Å². The van der Waals surface area contributed by atoms with Crippen LogP contribution >= 0.6 is 15.9 Å². The van der Waals surface area contributed by atoms with Gasteiger partial charge in [0.15, 0.2) is 0 Å². The molecule has 0 unspecified atom stereocenters. The Morgan fingerprint density at radius 3 is 2.92 bits per heavy atom. The second-order valence-corrected chi connectivity index (χ2v) is 4.55. The van der Waals surface area contributed by atoms with Crippen LogP contribution in [0.4, 0.5) is 0 Å². The minimum atomic E-state index is 0.670. The zero-order valence-corrected chi connectivity index (χ0v) is 9.92. The number of nitrogens with zero attached hydrogens (tertiary/aromatic N) is 2. The fourth-order valence-corrected chi connectivity index (χ4v) is 1.56. The van der Waals surface area contributed by atoms with Crippen molar-refractivity contribution < 1.29 is 0 Å². The largest absolute Gasteiger partial charge is 0.272 e. The maximum atomic E-state index is 4.31. The lowest BCUT2D eigenvalue weighted by atomic mass is 10.2. The van der Waals surface area contributed by atoms with Gasteiger partial charge in [0.25, 0.3) is 0 Å². The number of rotatable bonds is 5. The third-order valence-electron chi connectivity index (χ3n) is 1.84. The maximum Gasteiger partial charge on any atom is 0.0521 e. The maximum absolute atomic E-state index is 4.31. The Labute approximate surface area is 88.5 Å². The molecular weight excluding hydrogens is 228 g/mol. The summed E-state index contributed by atoms with van der Waals surface area (Å²) in [5.74, 6) is 0.670. The number of halogens is 1. The summed E-state index contributed by atoms with van der Waals surface area (Å²) in [6.45, 7) is 5.44. The Hall–Kier alpha value is -0.310. The first-order valence-corrected chi connectivity index (χ1v) is 5.92. The lowest BCUT2D eigenvalue weighted by Gasteiger charge is -2.03. The highest BCUT2D eigenvalue weighted by molar-refractivity contribution is 9.09. The fourth-order valence-electron chi connectivity index (χ4n) is 1.28. The zero-order valence-electron chi connectivity index (χ0n) is 8.33. The SMILES string of the molecule is CC(C)Cn1cc(CCCBr)cn1. The molecule has 13 heavy (non-hydrogen) atoms. The van der Waals surface area contributed by atoms with Gasteiger partial charge in [0.1, 0.15) is 0 Å². The minimum Gasteiger partial charge on any atom is -0.272 e. The van der Waals surface area contributed by atoms with Crippen molar-refractivity contribution in [3.63, 3.8) is 0 Å². The van der Waals surface area contributed by atoms with Gasteiger partial charge in [0.05, 0.1) is 6.20 Å². The van der Waals surface area contributed by atoms with Crippen molar-refractivity contribution in [3.05, 3.63) is 18.0 Å². The van der Waals surface area contributed by atoms with Crippen molar-refractivity contribution in [1.29, 1.82) is 0 Å². The Morgan fingerprint density at radius 1 is 1.54 bits per heavy atom. The second-order valence-electron chi connectivity index (χ2n) is 3.76. The predicted octanol–water partition coefficient (Wildman–Crippen LogP) is 2.87. The normalized spacial score (nSPS) is 11.1. The van der Waals surface area contributed by atoms with E-state index in [1.54, 1.807) is 0 Å². The molecule has 0 spiro atoms. The van der Waals surface area contributed by atoms with E-state index in [9.17, 15) is 0 Å². The van der Waals surface area contributed by atoms with E-state index in [-0.39, 0.29) is 0 Å². The summed E-state index contributed by atoms with van der Waals surface area (Å²) >= 11 is 3.43. The highest BCUT2D eigenvalue weighted by Crippen LogP contribution is 2.05. The van der Waals surface area contributed by atoms with Crippen LogP contribution in [0.15, 0.2) is 12.4 Å². The molecule has 0 amide bonds. The van der Waals surface area contributed by atoms with Crippen LogP contribution in [0.25, 0.3) is 0 Å². The molecule has 0 aliphatic rings. The molecule has 0 saturated carbocycles. The smallest absolute Gasteiger partial charge is 0.0521 e. The quantitative estimate of drug-likeness (QED) is 0.729. The number of hydrogen-bond acceptors (Lipinski definition) is 1. The van der Waals surface area contributed by atoms with Crippen LogP contribution in [0.2, 0.25) is 0 Å². The summed E-state index contributed by atoms with van der Waals surface area (Å²) < 4.78 is 2.04. The van der Waals surface area contributed by atoms with Crippen molar-refractivity contribution in [3.8, 4) is 0 Å². The molecular formula is C10H17BrN2. The van der Waals surface area contributed by atoms with E-state index >= 15 is 0 Å². The molecule has 0 saturated heterocycles. The molecule has 74 valence electrons. The van der Waals surface area contributed by atoms with Crippen molar-refractivity contribution in [2.24, 2.45) is 5.92 Å². The average Bonchev–Trinajstić information content (AvgIpc) is 2.48. The third kappa shape index (κ3) is 3.94. The van der Waals surface area contributed by atoms with Crippen LogP contribution in [0.1, 0.15) is 25.8 Å². The Kier molecular flexibility index (Phi) is 4.50. The van der Waals surface area contributed by atoms with Gasteiger partial charge >= 0.3 is 0 Å². The van der Waals surface area contributed by atoms with E-state index in [1.165, 1.54) is 12.0 Å². The fraction of sp³-hybridized carbons (Fsp3) is 0.700.